The van der Waals surface area contributed by atoms with Crippen LogP contribution in [0.1, 0.15) is 0 Å². The Morgan fingerprint density at radius 3 is 2.00 bits per heavy atom. The van der Waals surface area contributed by atoms with Crippen LogP contribution in [-0.2, 0) is 4.84 Å². The maximum atomic E-state index is 9.72. The largest absolute Gasteiger partial charge is 0.394 e. The van der Waals surface area contributed by atoms with Crippen LogP contribution in [-0.4, -0.2) is 68.2 Å². The van der Waals surface area contributed by atoms with Crippen molar-refractivity contribution in [2.24, 2.45) is 0 Å². The second-order valence-corrected chi connectivity index (χ2v) is 2.82. The molecule has 15 heavy (non-hydrogen) atoms. The summed E-state index contributed by atoms with van der Waals surface area (Å²) in [5, 5.41) is 53.1. The molecule has 0 amide bonds. The molecule has 0 fully saturated rings. The fraction of sp³-hybridized carbons (Fsp3) is 1.00. The highest BCUT2D eigenvalue weighted by Crippen LogP contribution is 2.05. The highest BCUT2D eigenvalue weighted by molar-refractivity contribution is 4.80. The third-order valence-electron chi connectivity index (χ3n) is 1.68. The molecule has 0 aliphatic heterocycles. The van der Waals surface area contributed by atoms with E-state index < -0.39 is 42.7 Å². The quantitative estimate of drug-likeness (QED) is 0.223. The van der Waals surface area contributed by atoms with Crippen LogP contribution in [0.5, 0.6) is 0 Å². The Morgan fingerprint density at radius 1 is 1.13 bits per heavy atom. The third-order valence-corrected chi connectivity index (χ3v) is 1.68. The fourth-order valence-corrected chi connectivity index (χ4v) is 0.799. The second kappa shape index (κ2) is 6.48. The molecule has 0 aromatic heterocycles. The van der Waals surface area contributed by atoms with Gasteiger partial charge in [-0.05, 0) is 0 Å². The summed E-state index contributed by atoms with van der Waals surface area (Å²) in [6.45, 7) is -1.66. The van der Waals surface area contributed by atoms with Crippen LogP contribution >= 0.6 is 0 Å². The van der Waals surface area contributed by atoms with E-state index >= 15 is 0 Å². The first kappa shape index (κ1) is 14.0. The van der Waals surface area contributed by atoms with E-state index in [1.807, 2.05) is 0 Å². The Hall–Kier alpha value is -1.00. The molecule has 0 aromatic rings. The van der Waals surface area contributed by atoms with E-state index in [1.165, 1.54) is 0 Å². The van der Waals surface area contributed by atoms with Crippen LogP contribution in [0.2, 0.25) is 0 Å². The lowest BCUT2D eigenvalue weighted by Gasteiger charge is -2.24. The molecule has 4 atom stereocenters. The zero-order valence-electron chi connectivity index (χ0n) is 7.63. The number of nitrogens with zero attached hydrogens (tertiary/aromatic N) is 1. The molecule has 90 valence electrons. The van der Waals surface area contributed by atoms with Gasteiger partial charge in [0, 0.05) is 0 Å². The molecule has 0 radical (unpaired) electrons. The average molecular weight is 227 g/mol. The van der Waals surface area contributed by atoms with Gasteiger partial charge < -0.3 is 30.4 Å². The van der Waals surface area contributed by atoms with Crippen LogP contribution in [0, 0.1) is 10.1 Å². The van der Waals surface area contributed by atoms with Crippen LogP contribution < -0.4 is 0 Å². The minimum atomic E-state index is -1.85. The van der Waals surface area contributed by atoms with Crippen molar-refractivity contribution in [3.05, 3.63) is 10.1 Å². The van der Waals surface area contributed by atoms with Crippen molar-refractivity contribution in [1.29, 1.82) is 0 Å². The molecule has 0 spiro atoms. The normalized spacial score (nSPS) is 19.0. The third kappa shape index (κ3) is 4.85. The Labute approximate surface area is 84.3 Å². The van der Waals surface area contributed by atoms with Crippen molar-refractivity contribution < 1.29 is 35.5 Å². The number of hydrogen-bond donors (Lipinski definition) is 5. The minimum Gasteiger partial charge on any atom is -0.394 e. The lowest BCUT2D eigenvalue weighted by atomic mass is 10.0. The lowest BCUT2D eigenvalue weighted by molar-refractivity contribution is -0.759. The zero-order chi connectivity index (χ0) is 12.0. The predicted octanol–water partition coefficient (Wildman–Crippen LogP) is -3.37. The molecule has 9 nitrogen and oxygen atoms in total. The maximum Gasteiger partial charge on any atom is 0.294 e. The summed E-state index contributed by atoms with van der Waals surface area (Å²) in [5.74, 6) is 0. The van der Waals surface area contributed by atoms with E-state index in [0.29, 0.717) is 0 Å². The average Bonchev–Trinajstić information content (AvgIpc) is 2.22. The highest BCUT2D eigenvalue weighted by atomic mass is 17.0. The Bertz CT molecular complexity index is 200. The SMILES string of the molecule is O=[N+]([O-])OC[C@@H](O)[C@@H](O)[C@H](O)[C@H](O)CO. The number of aliphatic hydroxyl groups is 5. The van der Waals surface area contributed by atoms with Crippen molar-refractivity contribution in [3.8, 4) is 0 Å². The molecular weight excluding hydrogens is 214 g/mol. The monoisotopic (exact) mass is 227 g/mol. The molecule has 0 aromatic carbocycles. The molecule has 5 N–H and O–H groups in total. The summed E-state index contributed by atoms with van der Waals surface area (Å²) in [6.07, 6.45) is -7.07. The maximum absolute atomic E-state index is 9.72. The second-order valence-electron chi connectivity index (χ2n) is 2.82. The predicted molar refractivity (Wildman–Crippen MR) is 44.1 cm³/mol. The summed E-state index contributed by atoms with van der Waals surface area (Å²) < 4.78 is 0. The summed E-state index contributed by atoms with van der Waals surface area (Å²) in [6, 6.07) is 0. The zero-order valence-corrected chi connectivity index (χ0v) is 7.63. The van der Waals surface area contributed by atoms with E-state index in [1.54, 1.807) is 0 Å². The first-order valence-corrected chi connectivity index (χ1v) is 4.00. The van der Waals surface area contributed by atoms with Gasteiger partial charge in [0.05, 0.1) is 6.61 Å². The van der Waals surface area contributed by atoms with E-state index in [4.69, 9.17) is 25.5 Å². The topological polar surface area (TPSA) is 154 Å². The summed E-state index contributed by atoms with van der Waals surface area (Å²) in [7, 11) is 0. The van der Waals surface area contributed by atoms with Crippen molar-refractivity contribution in [2.75, 3.05) is 13.2 Å². The van der Waals surface area contributed by atoms with Gasteiger partial charge in [-0.2, -0.15) is 0 Å². The first-order valence-electron chi connectivity index (χ1n) is 4.00. The molecular formula is C6H13NO8. The van der Waals surface area contributed by atoms with Crippen molar-refractivity contribution >= 4 is 0 Å². The van der Waals surface area contributed by atoms with Gasteiger partial charge in [0.2, 0.25) is 0 Å². The first-order chi connectivity index (χ1) is 6.90. The van der Waals surface area contributed by atoms with Gasteiger partial charge in [0.15, 0.2) is 0 Å². The molecule has 0 aliphatic rings. The Balaban J connectivity index is 4.06. The van der Waals surface area contributed by atoms with Crippen LogP contribution in [0.4, 0.5) is 0 Å². The molecule has 0 bridgehead atoms. The van der Waals surface area contributed by atoms with Crippen LogP contribution in [0.25, 0.3) is 0 Å². The van der Waals surface area contributed by atoms with Gasteiger partial charge in [-0.1, -0.05) is 0 Å². The van der Waals surface area contributed by atoms with E-state index in [0.717, 1.165) is 0 Å². The number of hydrogen-bond acceptors (Lipinski definition) is 8. The lowest BCUT2D eigenvalue weighted by Crippen LogP contribution is -2.47. The highest BCUT2D eigenvalue weighted by Gasteiger charge is 2.30. The Kier molecular flexibility index (Phi) is 6.05. The molecule has 9 heteroatoms. The molecule has 0 aliphatic carbocycles. The van der Waals surface area contributed by atoms with Crippen molar-refractivity contribution in [2.45, 2.75) is 24.4 Å². The van der Waals surface area contributed by atoms with E-state index in [9.17, 15) is 10.1 Å². The van der Waals surface area contributed by atoms with Crippen molar-refractivity contribution in [1.82, 2.24) is 0 Å². The smallest absolute Gasteiger partial charge is 0.294 e. The Morgan fingerprint density at radius 2 is 1.60 bits per heavy atom. The van der Waals surface area contributed by atoms with Gasteiger partial charge in [0.25, 0.3) is 5.09 Å². The molecule has 0 heterocycles. The van der Waals surface area contributed by atoms with Gasteiger partial charge >= 0.3 is 0 Å². The van der Waals surface area contributed by atoms with Gasteiger partial charge in [-0.3, -0.25) is 0 Å². The molecule has 0 saturated carbocycles. The molecule has 0 rings (SSSR count). The summed E-state index contributed by atoms with van der Waals surface area (Å²) in [4.78, 5) is 13.5. The van der Waals surface area contributed by atoms with Gasteiger partial charge in [0.1, 0.15) is 31.0 Å². The standard InChI is InChI=1S/C6H13NO8/c8-1-3(9)5(11)6(12)4(10)2-15-7(13)14/h3-6,8-12H,1-2H2/t3-,4-,5-,6-/m1/s1. The van der Waals surface area contributed by atoms with Crippen molar-refractivity contribution in [3.63, 3.8) is 0 Å². The number of rotatable bonds is 7. The molecule has 0 saturated heterocycles. The summed E-state index contributed by atoms with van der Waals surface area (Å²) in [5.41, 5.74) is 0. The fourth-order valence-electron chi connectivity index (χ4n) is 0.799. The summed E-state index contributed by atoms with van der Waals surface area (Å²) >= 11 is 0. The minimum absolute atomic E-state index is 0.818. The van der Waals surface area contributed by atoms with Crippen LogP contribution in [0.15, 0.2) is 0 Å². The molecule has 0 unspecified atom stereocenters. The van der Waals surface area contributed by atoms with E-state index in [2.05, 4.69) is 4.84 Å². The van der Waals surface area contributed by atoms with E-state index in [-0.39, 0.29) is 0 Å². The number of aliphatic hydroxyl groups excluding tert-OH is 5. The van der Waals surface area contributed by atoms with Gasteiger partial charge in [-0.25, -0.2) is 0 Å². The van der Waals surface area contributed by atoms with Gasteiger partial charge in [-0.15, -0.1) is 10.1 Å². The van der Waals surface area contributed by atoms with Crippen LogP contribution in [0.3, 0.4) is 0 Å².